The van der Waals surface area contributed by atoms with E-state index in [1.54, 1.807) is 0 Å². The maximum absolute atomic E-state index is 6.14. The van der Waals surface area contributed by atoms with Gasteiger partial charge < -0.3 is 24.8 Å². The van der Waals surface area contributed by atoms with Crippen LogP contribution in [0.4, 0.5) is 29.2 Å². The summed E-state index contributed by atoms with van der Waals surface area (Å²) in [4.78, 5) is 23.9. The van der Waals surface area contributed by atoms with Crippen LogP contribution < -0.4 is 16.0 Å². The Morgan fingerprint density at radius 2 is 1.02 bits per heavy atom. The molecule has 10 nitrogen and oxygen atoms in total. The Morgan fingerprint density at radius 3 is 1.44 bits per heavy atom. The molecule has 0 amide bonds. The number of benzene rings is 4. The average Bonchev–Trinajstić information content (AvgIpc) is 3.78. The van der Waals surface area contributed by atoms with Crippen LogP contribution in [0.5, 0.6) is 0 Å². The summed E-state index contributed by atoms with van der Waals surface area (Å²) in [5.41, 5.74) is 9.61. The molecule has 0 saturated heterocycles. The van der Waals surface area contributed by atoms with Gasteiger partial charge in [-0.3, -0.25) is 0 Å². The molecule has 0 aliphatic heterocycles. The summed E-state index contributed by atoms with van der Waals surface area (Å²) in [7, 11) is 0. The zero-order valence-electron chi connectivity index (χ0n) is 34.7. The molecule has 4 aromatic carbocycles. The molecule has 0 radical (unpaired) electrons. The lowest BCUT2D eigenvalue weighted by Gasteiger charge is -2.17. The predicted octanol–water partition coefficient (Wildman–Crippen LogP) is 12.8. The summed E-state index contributed by atoms with van der Waals surface area (Å²) in [6.07, 6.45) is 6.58. The molecule has 7 rings (SSSR count). The summed E-state index contributed by atoms with van der Waals surface area (Å²) < 4.78 is 12.3. The molecule has 0 spiro atoms. The zero-order valence-corrected chi connectivity index (χ0v) is 34.7. The first-order chi connectivity index (χ1) is 27.3. The highest BCUT2D eigenvalue weighted by atomic mass is 16.4. The van der Waals surface area contributed by atoms with Gasteiger partial charge in [0.1, 0.15) is 11.0 Å². The van der Waals surface area contributed by atoms with E-state index >= 15 is 0 Å². The minimum Gasteiger partial charge on any atom is -0.436 e. The van der Waals surface area contributed by atoms with Crippen molar-refractivity contribution in [2.24, 2.45) is 16.7 Å². The average molecular weight is 765 g/mol. The third-order valence-electron chi connectivity index (χ3n) is 9.88. The fourth-order valence-electron chi connectivity index (χ4n) is 7.03. The lowest BCUT2D eigenvalue weighted by Crippen LogP contribution is -2.16. The Hall–Kier alpha value is -5.77. The Morgan fingerprint density at radius 1 is 0.561 bits per heavy atom. The molecule has 296 valence electrons. The Kier molecular flexibility index (Phi) is 11.6. The van der Waals surface area contributed by atoms with Crippen molar-refractivity contribution in [3.8, 4) is 22.9 Å². The van der Waals surface area contributed by atoms with Crippen LogP contribution in [0.25, 0.3) is 45.1 Å². The number of hydrogen-bond donors (Lipinski definition) is 3. The Bertz CT molecular complexity index is 2260. The zero-order chi connectivity index (χ0) is 40.2. The fraction of sp³-hybridized carbons (Fsp3) is 0.383. The van der Waals surface area contributed by atoms with Crippen molar-refractivity contribution >= 4 is 51.4 Å². The first kappa shape index (κ1) is 39.5. The smallest absolute Gasteiger partial charge is 0.233 e. The van der Waals surface area contributed by atoms with E-state index in [0.29, 0.717) is 35.5 Å². The molecule has 0 fully saturated rings. The Labute approximate surface area is 336 Å². The van der Waals surface area contributed by atoms with Crippen LogP contribution in [0.2, 0.25) is 0 Å². The maximum Gasteiger partial charge on any atom is 0.233 e. The van der Waals surface area contributed by atoms with Gasteiger partial charge in [0, 0.05) is 29.0 Å². The molecule has 1 atom stereocenters. The van der Waals surface area contributed by atoms with Gasteiger partial charge in [-0.05, 0) is 120 Å². The maximum atomic E-state index is 6.14. The van der Waals surface area contributed by atoms with Crippen molar-refractivity contribution in [1.82, 2.24) is 24.9 Å². The normalized spacial score (nSPS) is 12.6. The number of rotatable bonds is 15. The third-order valence-corrected chi connectivity index (χ3v) is 9.88. The molecule has 0 bridgehead atoms. The second-order valence-electron chi connectivity index (χ2n) is 17.6. The molecule has 57 heavy (non-hydrogen) atoms. The second kappa shape index (κ2) is 16.8. The van der Waals surface area contributed by atoms with E-state index in [-0.39, 0.29) is 10.8 Å². The minimum absolute atomic E-state index is 0.194. The second-order valence-corrected chi connectivity index (χ2v) is 17.6. The van der Waals surface area contributed by atoms with E-state index < -0.39 is 0 Å². The SMILES string of the molecule is CCCCC(CC)CNc1nc(Nc2ccc(-c3nc4cc(CC(C)(C)C)ccc4o3)cc2)nc(Nc2ccc(-c3nc4cc(CC(C)(C)C)ccc4o3)cc2)n1. The van der Waals surface area contributed by atoms with Crippen molar-refractivity contribution < 1.29 is 8.83 Å². The van der Waals surface area contributed by atoms with Gasteiger partial charge in [-0.2, -0.15) is 15.0 Å². The number of anilines is 5. The molecule has 3 aromatic heterocycles. The molecule has 0 aliphatic rings. The molecule has 1 unspecified atom stereocenters. The molecule has 0 saturated carbocycles. The monoisotopic (exact) mass is 764 g/mol. The van der Waals surface area contributed by atoms with Crippen LogP contribution in [0.3, 0.4) is 0 Å². The van der Waals surface area contributed by atoms with E-state index in [0.717, 1.165) is 76.9 Å². The van der Waals surface area contributed by atoms with E-state index in [2.05, 4.69) is 95.6 Å². The van der Waals surface area contributed by atoms with Crippen LogP contribution in [0.1, 0.15) is 92.2 Å². The molecule has 10 heteroatoms. The quantitative estimate of drug-likeness (QED) is 0.0928. The molecule has 7 aromatic rings. The van der Waals surface area contributed by atoms with Crippen molar-refractivity contribution in [2.45, 2.75) is 93.9 Å². The fourth-order valence-corrected chi connectivity index (χ4v) is 7.03. The lowest BCUT2D eigenvalue weighted by atomic mass is 9.88. The summed E-state index contributed by atoms with van der Waals surface area (Å²) in [6.45, 7) is 18.7. The lowest BCUT2D eigenvalue weighted by molar-refractivity contribution is 0.411. The van der Waals surface area contributed by atoms with Gasteiger partial charge in [0.25, 0.3) is 0 Å². The number of nitrogens with one attached hydrogen (secondary N) is 3. The number of nitrogens with zero attached hydrogens (tertiary/aromatic N) is 5. The molecular formula is C47H56N8O2. The molecular weight excluding hydrogens is 709 g/mol. The van der Waals surface area contributed by atoms with E-state index in [9.17, 15) is 0 Å². The highest BCUT2D eigenvalue weighted by Gasteiger charge is 2.17. The number of hydrogen-bond acceptors (Lipinski definition) is 10. The van der Waals surface area contributed by atoms with Crippen LogP contribution in [0, 0.1) is 16.7 Å². The van der Waals surface area contributed by atoms with Crippen molar-refractivity contribution in [1.29, 1.82) is 0 Å². The van der Waals surface area contributed by atoms with Gasteiger partial charge >= 0.3 is 0 Å². The number of oxazole rings is 2. The van der Waals surface area contributed by atoms with E-state index in [4.69, 9.17) is 33.8 Å². The van der Waals surface area contributed by atoms with Crippen LogP contribution >= 0.6 is 0 Å². The van der Waals surface area contributed by atoms with E-state index in [1.165, 1.54) is 24.0 Å². The van der Waals surface area contributed by atoms with Crippen LogP contribution in [0.15, 0.2) is 93.8 Å². The molecule has 3 heterocycles. The Balaban J connectivity index is 1.08. The van der Waals surface area contributed by atoms with Gasteiger partial charge in [-0.15, -0.1) is 0 Å². The number of unbranched alkanes of at least 4 members (excludes halogenated alkanes) is 1. The molecule has 0 aliphatic carbocycles. The first-order valence-electron chi connectivity index (χ1n) is 20.3. The summed E-state index contributed by atoms with van der Waals surface area (Å²) in [5.74, 6) is 3.06. The van der Waals surface area contributed by atoms with Crippen molar-refractivity contribution in [3.63, 3.8) is 0 Å². The van der Waals surface area contributed by atoms with E-state index in [1.807, 2.05) is 60.7 Å². The van der Waals surface area contributed by atoms with Gasteiger partial charge in [-0.25, -0.2) is 9.97 Å². The largest absolute Gasteiger partial charge is 0.436 e. The highest BCUT2D eigenvalue weighted by molar-refractivity contribution is 5.78. The molecule has 3 N–H and O–H groups in total. The number of fused-ring (bicyclic) bond motifs is 2. The van der Waals surface area contributed by atoms with Gasteiger partial charge in [0.2, 0.25) is 29.6 Å². The van der Waals surface area contributed by atoms with Gasteiger partial charge in [-0.1, -0.05) is 86.8 Å². The van der Waals surface area contributed by atoms with Gasteiger partial charge in [0.05, 0.1) is 0 Å². The topological polar surface area (TPSA) is 127 Å². The van der Waals surface area contributed by atoms with Gasteiger partial charge in [0.15, 0.2) is 11.2 Å². The minimum atomic E-state index is 0.194. The number of aromatic nitrogens is 5. The van der Waals surface area contributed by atoms with Crippen molar-refractivity contribution in [3.05, 3.63) is 96.1 Å². The summed E-state index contributed by atoms with van der Waals surface area (Å²) in [5, 5.41) is 10.3. The third kappa shape index (κ3) is 10.6. The standard InChI is InChI=1S/C47H56N8O2/c1-9-11-12-30(10-2)29-48-43-53-44(49-35-19-15-33(16-20-35)41-51-37-25-31(27-46(3,4)5)13-23-39(37)56-41)55-45(54-43)50-36-21-17-34(18-22-36)42-52-38-26-32(28-47(6,7)8)14-24-40(38)57-42/h13-26,30H,9-12,27-29H2,1-8H3,(H3,48,49,50,53,54,55). The van der Waals surface area contributed by atoms with Crippen LogP contribution in [-0.2, 0) is 12.8 Å². The van der Waals surface area contributed by atoms with Crippen LogP contribution in [-0.4, -0.2) is 31.5 Å². The highest BCUT2D eigenvalue weighted by Crippen LogP contribution is 2.31. The summed E-state index contributed by atoms with van der Waals surface area (Å²) >= 11 is 0. The summed E-state index contributed by atoms with van der Waals surface area (Å²) in [6, 6.07) is 28.4. The van der Waals surface area contributed by atoms with Crippen molar-refractivity contribution in [2.75, 3.05) is 22.5 Å². The predicted molar refractivity (Wildman–Crippen MR) is 233 cm³/mol. The first-order valence-corrected chi connectivity index (χ1v) is 20.3.